The number of aromatic nitrogens is 4. The van der Waals surface area contributed by atoms with Gasteiger partial charge in [0, 0.05) is 19.0 Å². The van der Waals surface area contributed by atoms with Gasteiger partial charge >= 0.3 is 6.09 Å². The van der Waals surface area contributed by atoms with Crippen molar-refractivity contribution >= 4 is 17.6 Å². The fourth-order valence-electron chi connectivity index (χ4n) is 3.39. The Morgan fingerprint density at radius 1 is 1.31 bits per heavy atom. The quantitative estimate of drug-likeness (QED) is 0.711. The highest BCUT2D eigenvalue weighted by molar-refractivity contribution is 5.67. The molecule has 1 N–H and O–H groups in total. The van der Waals surface area contributed by atoms with E-state index in [2.05, 4.69) is 20.5 Å². The Kier molecular flexibility index (Phi) is 5.55. The summed E-state index contributed by atoms with van der Waals surface area (Å²) in [5.41, 5.74) is 2.68. The lowest BCUT2D eigenvalue weighted by atomic mass is 9.95. The van der Waals surface area contributed by atoms with Crippen LogP contribution in [0.2, 0.25) is 0 Å². The van der Waals surface area contributed by atoms with Crippen LogP contribution < -0.4 is 5.32 Å². The fraction of sp³-hybridized carbons (Fsp3) is 0.400. The summed E-state index contributed by atoms with van der Waals surface area (Å²) in [4.78, 5) is 17.8. The van der Waals surface area contributed by atoms with Crippen LogP contribution in [0.3, 0.4) is 0 Å². The molecule has 0 bridgehead atoms. The summed E-state index contributed by atoms with van der Waals surface area (Å²) in [5.74, 6) is 0.502. The van der Waals surface area contributed by atoms with Crippen molar-refractivity contribution in [1.29, 1.82) is 0 Å². The van der Waals surface area contributed by atoms with Gasteiger partial charge < -0.3 is 15.0 Å². The molecule has 2 atom stereocenters. The zero-order chi connectivity index (χ0) is 20.2. The van der Waals surface area contributed by atoms with Crippen molar-refractivity contribution in [3.8, 4) is 0 Å². The molecule has 3 aromatic rings. The van der Waals surface area contributed by atoms with Crippen molar-refractivity contribution in [2.24, 2.45) is 5.92 Å². The maximum absolute atomic E-state index is 14.7. The van der Waals surface area contributed by atoms with E-state index in [4.69, 9.17) is 4.74 Å². The first-order valence-electron chi connectivity index (χ1n) is 9.59. The second kappa shape index (κ2) is 8.42. The Labute approximate surface area is 167 Å². The van der Waals surface area contributed by atoms with Crippen molar-refractivity contribution in [3.63, 3.8) is 0 Å². The van der Waals surface area contributed by atoms with Crippen LogP contribution in [0, 0.1) is 12.8 Å². The summed E-state index contributed by atoms with van der Waals surface area (Å²) in [6.07, 6.45) is 3.80. The van der Waals surface area contributed by atoms with Crippen LogP contribution in [0.5, 0.6) is 0 Å². The van der Waals surface area contributed by atoms with Crippen LogP contribution in [0.4, 0.5) is 15.0 Å². The number of benzene rings is 1. The molecular formula is C20H23FN6O2. The van der Waals surface area contributed by atoms with Crippen molar-refractivity contribution in [1.82, 2.24) is 24.5 Å². The number of alkyl halides is 1. The number of rotatable bonds is 5. The highest BCUT2D eigenvalue weighted by atomic mass is 19.1. The SMILES string of the molecule is Cc1ccc(COC(=O)N2CCC(CNc3cncc4nncn34)C(F)C2)cc1. The normalized spacial score (nSPS) is 19.3. The summed E-state index contributed by atoms with van der Waals surface area (Å²) >= 11 is 0. The molecule has 3 heterocycles. The van der Waals surface area contributed by atoms with E-state index in [0.717, 1.165) is 11.1 Å². The Morgan fingerprint density at radius 2 is 2.14 bits per heavy atom. The number of carbonyl (C=O) groups excluding carboxylic acids is 1. The lowest BCUT2D eigenvalue weighted by Gasteiger charge is -2.34. The summed E-state index contributed by atoms with van der Waals surface area (Å²) in [5, 5.41) is 11.0. The Hall–Kier alpha value is -3.23. The van der Waals surface area contributed by atoms with Crippen LogP contribution in [0.25, 0.3) is 5.65 Å². The number of halogens is 1. The minimum absolute atomic E-state index is 0.0359. The molecule has 0 spiro atoms. The van der Waals surface area contributed by atoms with Gasteiger partial charge in [-0.3, -0.25) is 9.38 Å². The van der Waals surface area contributed by atoms with Gasteiger partial charge in [-0.05, 0) is 18.9 Å². The van der Waals surface area contributed by atoms with Gasteiger partial charge in [0.1, 0.15) is 24.9 Å². The molecule has 1 aliphatic rings. The molecule has 1 aromatic carbocycles. The molecule has 1 fully saturated rings. The lowest BCUT2D eigenvalue weighted by Crippen LogP contribution is -2.46. The second-order valence-electron chi connectivity index (χ2n) is 7.28. The van der Waals surface area contributed by atoms with E-state index in [0.29, 0.717) is 31.0 Å². The average Bonchev–Trinajstić information content (AvgIpc) is 3.22. The number of likely N-dealkylation sites (tertiary alicyclic amines) is 1. The molecule has 9 heteroatoms. The minimum Gasteiger partial charge on any atom is -0.445 e. The molecular weight excluding hydrogens is 375 g/mol. The molecule has 1 amide bonds. The number of carbonyl (C=O) groups is 1. The lowest BCUT2D eigenvalue weighted by molar-refractivity contribution is 0.0544. The van der Waals surface area contributed by atoms with E-state index in [9.17, 15) is 9.18 Å². The number of hydrogen-bond acceptors (Lipinski definition) is 6. The van der Waals surface area contributed by atoms with Crippen molar-refractivity contribution in [2.45, 2.75) is 26.1 Å². The molecule has 0 saturated carbocycles. The fourth-order valence-corrected chi connectivity index (χ4v) is 3.39. The smallest absolute Gasteiger partial charge is 0.410 e. The Morgan fingerprint density at radius 3 is 2.93 bits per heavy atom. The number of nitrogens with zero attached hydrogens (tertiary/aromatic N) is 5. The number of nitrogens with one attached hydrogen (secondary N) is 1. The molecule has 4 rings (SSSR count). The summed E-state index contributed by atoms with van der Waals surface area (Å²) in [6, 6.07) is 7.78. The molecule has 1 aliphatic heterocycles. The Balaban J connectivity index is 1.27. The molecule has 2 aromatic heterocycles. The third-order valence-electron chi connectivity index (χ3n) is 5.18. The molecule has 152 valence electrons. The van der Waals surface area contributed by atoms with Crippen LogP contribution >= 0.6 is 0 Å². The predicted molar refractivity (Wildman–Crippen MR) is 105 cm³/mol. The first-order valence-corrected chi connectivity index (χ1v) is 9.59. The van der Waals surface area contributed by atoms with Gasteiger partial charge in [-0.2, -0.15) is 0 Å². The number of amides is 1. The highest BCUT2D eigenvalue weighted by Crippen LogP contribution is 2.22. The average molecular weight is 398 g/mol. The maximum atomic E-state index is 14.7. The summed E-state index contributed by atoms with van der Waals surface area (Å²) in [6.45, 7) is 3.13. The van der Waals surface area contributed by atoms with Crippen molar-refractivity contribution < 1.29 is 13.9 Å². The van der Waals surface area contributed by atoms with Crippen LogP contribution in [0.15, 0.2) is 43.0 Å². The van der Waals surface area contributed by atoms with E-state index in [1.54, 1.807) is 23.1 Å². The largest absolute Gasteiger partial charge is 0.445 e. The third-order valence-corrected chi connectivity index (χ3v) is 5.18. The van der Waals surface area contributed by atoms with E-state index < -0.39 is 12.3 Å². The first kappa shape index (κ1) is 19.1. The van der Waals surface area contributed by atoms with Gasteiger partial charge in [-0.25, -0.2) is 9.18 Å². The van der Waals surface area contributed by atoms with Gasteiger partial charge in [-0.1, -0.05) is 29.8 Å². The first-order chi connectivity index (χ1) is 14.1. The van der Waals surface area contributed by atoms with Gasteiger partial charge in [0.2, 0.25) is 0 Å². The third kappa shape index (κ3) is 4.44. The second-order valence-corrected chi connectivity index (χ2v) is 7.28. The van der Waals surface area contributed by atoms with E-state index in [1.165, 1.54) is 4.90 Å². The van der Waals surface area contributed by atoms with Crippen molar-refractivity contribution in [2.75, 3.05) is 25.0 Å². The van der Waals surface area contributed by atoms with E-state index in [-0.39, 0.29) is 19.1 Å². The van der Waals surface area contributed by atoms with Gasteiger partial charge in [0.15, 0.2) is 5.65 Å². The molecule has 0 aliphatic carbocycles. The van der Waals surface area contributed by atoms with Gasteiger partial charge in [-0.15, -0.1) is 10.2 Å². The van der Waals surface area contributed by atoms with E-state index >= 15 is 0 Å². The number of aryl methyl sites for hydroxylation is 1. The molecule has 1 saturated heterocycles. The van der Waals surface area contributed by atoms with Crippen LogP contribution in [0.1, 0.15) is 17.5 Å². The number of hydrogen-bond donors (Lipinski definition) is 1. The topological polar surface area (TPSA) is 84.6 Å². The number of fused-ring (bicyclic) bond motifs is 1. The molecule has 29 heavy (non-hydrogen) atoms. The molecule has 2 unspecified atom stereocenters. The standard InChI is InChI=1S/C20H23FN6O2/c1-14-2-4-15(5-3-14)12-29-20(28)26-7-6-16(17(21)11-26)8-23-18-9-22-10-19-25-24-13-27(18)19/h2-5,9-10,13,16-17,23H,6-8,11-12H2,1H3. The number of anilines is 1. The number of piperidine rings is 1. The number of ether oxygens (including phenoxy) is 1. The van der Waals surface area contributed by atoms with Gasteiger partial charge in [0.25, 0.3) is 0 Å². The predicted octanol–water partition coefficient (Wildman–Crippen LogP) is 2.84. The minimum atomic E-state index is -1.13. The zero-order valence-electron chi connectivity index (χ0n) is 16.2. The monoisotopic (exact) mass is 398 g/mol. The molecule has 8 nitrogen and oxygen atoms in total. The van der Waals surface area contributed by atoms with Gasteiger partial charge in [0.05, 0.1) is 18.9 Å². The van der Waals surface area contributed by atoms with Crippen LogP contribution in [-0.2, 0) is 11.3 Å². The maximum Gasteiger partial charge on any atom is 0.410 e. The van der Waals surface area contributed by atoms with Crippen LogP contribution in [-0.4, -0.2) is 56.4 Å². The van der Waals surface area contributed by atoms with Crippen molar-refractivity contribution in [3.05, 3.63) is 54.1 Å². The summed E-state index contributed by atoms with van der Waals surface area (Å²) < 4.78 is 21.8. The summed E-state index contributed by atoms with van der Waals surface area (Å²) in [7, 11) is 0. The Bertz CT molecular complexity index is 977. The highest BCUT2D eigenvalue weighted by Gasteiger charge is 2.32. The van der Waals surface area contributed by atoms with E-state index in [1.807, 2.05) is 31.2 Å². The zero-order valence-corrected chi connectivity index (χ0v) is 16.2. The molecule has 0 radical (unpaired) electrons.